The van der Waals surface area contributed by atoms with Crippen LogP contribution in [0.1, 0.15) is 22.8 Å². The Morgan fingerprint density at radius 2 is 1.68 bits per heavy atom. The molecule has 0 aliphatic carbocycles. The van der Waals surface area contributed by atoms with Crippen LogP contribution in [0.5, 0.6) is 11.5 Å². The van der Waals surface area contributed by atoms with Gasteiger partial charge in [0.25, 0.3) is 11.8 Å². The molecular weight excluding hydrogens is 388 g/mol. The van der Waals surface area contributed by atoms with Gasteiger partial charge in [0.1, 0.15) is 11.5 Å². The Morgan fingerprint density at radius 3 is 2.28 bits per heavy atom. The summed E-state index contributed by atoms with van der Waals surface area (Å²) in [5.74, 6) is 0.347. The van der Waals surface area contributed by atoms with Gasteiger partial charge in [0.05, 0.1) is 7.11 Å². The molecule has 2 rings (SSSR count). The molecule has 0 aromatic heterocycles. The van der Waals surface area contributed by atoms with Crippen molar-refractivity contribution >= 4 is 27.7 Å². The zero-order valence-electron chi connectivity index (χ0n) is 14.1. The van der Waals surface area contributed by atoms with E-state index in [-0.39, 0.29) is 0 Å². The van der Waals surface area contributed by atoms with E-state index in [4.69, 9.17) is 9.47 Å². The highest BCUT2D eigenvalue weighted by atomic mass is 79.9. The third kappa shape index (κ3) is 5.22. The van der Waals surface area contributed by atoms with E-state index in [0.29, 0.717) is 17.1 Å². The Morgan fingerprint density at radius 1 is 1.04 bits per heavy atom. The van der Waals surface area contributed by atoms with Gasteiger partial charge in [-0.05, 0) is 55.8 Å². The fraction of sp³-hybridized carbons (Fsp3) is 0.222. The molecule has 0 saturated carbocycles. The second-order valence-electron chi connectivity index (χ2n) is 5.34. The van der Waals surface area contributed by atoms with Crippen LogP contribution in [0, 0.1) is 6.92 Å². The molecular formula is C18H19BrN2O4. The van der Waals surface area contributed by atoms with Gasteiger partial charge in [-0.1, -0.05) is 22.0 Å². The summed E-state index contributed by atoms with van der Waals surface area (Å²) in [7, 11) is 1.57. The van der Waals surface area contributed by atoms with Crippen LogP contribution < -0.4 is 20.3 Å². The van der Waals surface area contributed by atoms with E-state index >= 15 is 0 Å². The van der Waals surface area contributed by atoms with Gasteiger partial charge in [-0.25, -0.2) is 0 Å². The lowest BCUT2D eigenvalue weighted by Crippen LogP contribution is -2.47. The van der Waals surface area contributed by atoms with E-state index in [1.54, 1.807) is 50.4 Å². The molecule has 1 atom stereocenters. The average Bonchev–Trinajstić information content (AvgIpc) is 2.62. The number of hydrazine groups is 1. The number of aryl methyl sites for hydroxylation is 1. The fourth-order valence-electron chi connectivity index (χ4n) is 1.94. The van der Waals surface area contributed by atoms with Gasteiger partial charge >= 0.3 is 0 Å². The summed E-state index contributed by atoms with van der Waals surface area (Å²) in [6.07, 6.45) is -0.779. The summed E-state index contributed by atoms with van der Waals surface area (Å²) in [6.45, 7) is 3.51. The average molecular weight is 407 g/mol. The maximum absolute atomic E-state index is 12.1. The second kappa shape index (κ2) is 8.53. The first-order chi connectivity index (χ1) is 11.9. The van der Waals surface area contributed by atoms with Crippen molar-refractivity contribution in [2.24, 2.45) is 0 Å². The first kappa shape index (κ1) is 18.8. The number of halogens is 1. The Balaban J connectivity index is 1.87. The smallest absolute Gasteiger partial charge is 0.279 e. The first-order valence-electron chi connectivity index (χ1n) is 7.57. The molecule has 0 radical (unpaired) electrons. The molecule has 2 N–H and O–H groups in total. The van der Waals surface area contributed by atoms with Crippen molar-refractivity contribution in [1.82, 2.24) is 10.9 Å². The summed E-state index contributed by atoms with van der Waals surface area (Å²) < 4.78 is 11.4. The molecule has 0 spiro atoms. The summed E-state index contributed by atoms with van der Waals surface area (Å²) in [6, 6.07) is 12.0. The van der Waals surface area contributed by atoms with Crippen molar-refractivity contribution in [3.05, 3.63) is 58.1 Å². The zero-order valence-corrected chi connectivity index (χ0v) is 15.7. The van der Waals surface area contributed by atoms with Gasteiger partial charge in [0, 0.05) is 10.0 Å². The molecule has 0 fully saturated rings. The predicted octanol–water partition coefficient (Wildman–Crippen LogP) is 2.99. The molecule has 2 amide bonds. The molecule has 0 bridgehead atoms. The number of rotatable bonds is 5. The van der Waals surface area contributed by atoms with Crippen molar-refractivity contribution in [2.75, 3.05) is 7.11 Å². The predicted molar refractivity (Wildman–Crippen MR) is 97.6 cm³/mol. The van der Waals surface area contributed by atoms with E-state index in [0.717, 1.165) is 10.0 Å². The van der Waals surface area contributed by atoms with Crippen molar-refractivity contribution in [3.63, 3.8) is 0 Å². The fourth-order valence-corrected chi connectivity index (χ4v) is 2.32. The highest BCUT2D eigenvalue weighted by Gasteiger charge is 2.16. The number of methoxy groups -OCH3 is 1. The van der Waals surface area contributed by atoms with Crippen LogP contribution in [-0.4, -0.2) is 25.0 Å². The van der Waals surface area contributed by atoms with Crippen LogP contribution in [0.25, 0.3) is 0 Å². The quantitative estimate of drug-likeness (QED) is 0.748. The SMILES string of the molecule is COc1ccc(OC(C)C(=O)NNC(=O)c2ccc(C)c(Br)c2)cc1. The Bertz CT molecular complexity index is 762. The largest absolute Gasteiger partial charge is 0.497 e. The lowest BCUT2D eigenvalue weighted by atomic mass is 10.1. The summed E-state index contributed by atoms with van der Waals surface area (Å²) in [5, 5.41) is 0. The Labute approximate surface area is 154 Å². The minimum absolute atomic E-state index is 0.411. The zero-order chi connectivity index (χ0) is 18.4. The number of amides is 2. The van der Waals surface area contributed by atoms with Gasteiger partial charge in [-0.3, -0.25) is 20.4 Å². The van der Waals surface area contributed by atoms with Crippen molar-refractivity contribution in [3.8, 4) is 11.5 Å². The Hall–Kier alpha value is -2.54. The van der Waals surface area contributed by atoms with E-state index in [1.807, 2.05) is 13.0 Å². The summed E-state index contributed by atoms with van der Waals surface area (Å²) in [5.41, 5.74) is 6.17. The van der Waals surface area contributed by atoms with E-state index in [9.17, 15) is 9.59 Å². The van der Waals surface area contributed by atoms with Crippen LogP contribution in [0.2, 0.25) is 0 Å². The molecule has 132 valence electrons. The Kier molecular flexibility index (Phi) is 6.41. The molecule has 25 heavy (non-hydrogen) atoms. The number of hydrogen-bond donors (Lipinski definition) is 2. The van der Waals surface area contributed by atoms with Gasteiger partial charge in [0.2, 0.25) is 0 Å². The minimum atomic E-state index is -0.779. The molecule has 2 aromatic rings. The minimum Gasteiger partial charge on any atom is -0.497 e. The maximum Gasteiger partial charge on any atom is 0.279 e. The van der Waals surface area contributed by atoms with Crippen LogP contribution in [0.3, 0.4) is 0 Å². The standard InChI is InChI=1S/C18H19BrN2O4/c1-11-4-5-13(10-16(11)19)18(23)21-20-17(22)12(2)25-15-8-6-14(24-3)7-9-15/h4-10,12H,1-3H3,(H,20,22)(H,21,23). The van der Waals surface area contributed by atoms with Crippen LogP contribution in [0.15, 0.2) is 46.9 Å². The molecule has 6 nitrogen and oxygen atoms in total. The van der Waals surface area contributed by atoms with Gasteiger partial charge in [-0.15, -0.1) is 0 Å². The third-order valence-electron chi connectivity index (χ3n) is 3.47. The van der Waals surface area contributed by atoms with Gasteiger partial charge in [0.15, 0.2) is 6.10 Å². The number of carbonyl (C=O) groups is 2. The van der Waals surface area contributed by atoms with Crippen LogP contribution in [-0.2, 0) is 4.79 Å². The molecule has 0 aliphatic heterocycles. The van der Waals surface area contributed by atoms with Gasteiger partial charge < -0.3 is 9.47 Å². The first-order valence-corrected chi connectivity index (χ1v) is 8.37. The molecule has 7 heteroatoms. The normalized spacial score (nSPS) is 11.4. The number of nitrogens with one attached hydrogen (secondary N) is 2. The highest BCUT2D eigenvalue weighted by Crippen LogP contribution is 2.18. The molecule has 0 aliphatic rings. The number of carbonyl (C=O) groups excluding carboxylic acids is 2. The third-order valence-corrected chi connectivity index (χ3v) is 4.33. The molecule has 2 aromatic carbocycles. The van der Waals surface area contributed by atoms with Crippen LogP contribution >= 0.6 is 15.9 Å². The second-order valence-corrected chi connectivity index (χ2v) is 6.20. The van der Waals surface area contributed by atoms with Crippen molar-refractivity contribution in [1.29, 1.82) is 0 Å². The summed E-state index contributed by atoms with van der Waals surface area (Å²) in [4.78, 5) is 24.1. The van der Waals surface area contributed by atoms with E-state index in [1.165, 1.54) is 0 Å². The lowest BCUT2D eigenvalue weighted by Gasteiger charge is -2.15. The topological polar surface area (TPSA) is 76.7 Å². The number of hydrogen-bond acceptors (Lipinski definition) is 4. The van der Waals surface area contributed by atoms with Gasteiger partial charge in [-0.2, -0.15) is 0 Å². The highest BCUT2D eigenvalue weighted by molar-refractivity contribution is 9.10. The number of benzene rings is 2. The van der Waals surface area contributed by atoms with Crippen LogP contribution in [0.4, 0.5) is 0 Å². The lowest BCUT2D eigenvalue weighted by molar-refractivity contribution is -0.128. The monoisotopic (exact) mass is 406 g/mol. The summed E-state index contributed by atoms with van der Waals surface area (Å²) >= 11 is 3.37. The van der Waals surface area contributed by atoms with Crippen molar-refractivity contribution < 1.29 is 19.1 Å². The van der Waals surface area contributed by atoms with E-state index < -0.39 is 17.9 Å². The molecule has 0 heterocycles. The molecule has 1 unspecified atom stereocenters. The maximum atomic E-state index is 12.1. The van der Waals surface area contributed by atoms with Crippen molar-refractivity contribution in [2.45, 2.75) is 20.0 Å². The van der Waals surface area contributed by atoms with E-state index in [2.05, 4.69) is 26.8 Å². The molecule has 0 saturated heterocycles. The number of ether oxygens (including phenoxy) is 2.